The second-order valence-electron chi connectivity index (χ2n) is 7.60. The van der Waals surface area contributed by atoms with Crippen molar-refractivity contribution in [2.24, 2.45) is 0 Å². The standard InChI is InChI=1S/C27H30O4/c1-21(28)30-20-19-25(18-17-22-11-5-2-6-12-22)31-27(24-15-9-4-10-16-24)26(29)23-13-7-3-8-14-23/h2-16,25-27,29H,17-20H2,1H3/t25?,26-,27-/m1/s1. The highest BCUT2D eigenvalue weighted by Crippen LogP contribution is 2.34. The number of carbonyl (C=O) groups excluding carboxylic acids is 1. The molecule has 0 radical (unpaired) electrons. The fourth-order valence-electron chi connectivity index (χ4n) is 3.60. The van der Waals surface area contributed by atoms with Crippen molar-refractivity contribution in [3.05, 3.63) is 108 Å². The van der Waals surface area contributed by atoms with Crippen molar-refractivity contribution >= 4 is 5.97 Å². The normalized spacial score (nSPS) is 13.9. The van der Waals surface area contributed by atoms with Crippen LogP contribution in [0.15, 0.2) is 91.0 Å². The van der Waals surface area contributed by atoms with E-state index in [-0.39, 0.29) is 18.7 Å². The molecule has 3 aromatic rings. The van der Waals surface area contributed by atoms with Gasteiger partial charge in [-0.2, -0.15) is 0 Å². The highest BCUT2D eigenvalue weighted by atomic mass is 16.5. The van der Waals surface area contributed by atoms with E-state index in [9.17, 15) is 9.90 Å². The molecule has 0 fully saturated rings. The van der Waals surface area contributed by atoms with Crippen molar-refractivity contribution in [2.45, 2.75) is 44.5 Å². The van der Waals surface area contributed by atoms with Gasteiger partial charge in [-0.05, 0) is 29.5 Å². The SMILES string of the molecule is CC(=O)OCCC(CCc1ccccc1)O[C@H](c1ccccc1)[C@H](O)c1ccccc1. The van der Waals surface area contributed by atoms with Gasteiger partial charge in [0.25, 0.3) is 0 Å². The maximum Gasteiger partial charge on any atom is 0.302 e. The smallest absolute Gasteiger partial charge is 0.302 e. The number of ether oxygens (including phenoxy) is 2. The van der Waals surface area contributed by atoms with E-state index in [2.05, 4.69) is 12.1 Å². The monoisotopic (exact) mass is 418 g/mol. The highest BCUT2D eigenvalue weighted by molar-refractivity contribution is 5.65. The second kappa shape index (κ2) is 12.0. The minimum atomic E-state index is -0.809. The van der Waals surface area contributed by atoms with E-state index in [0.717, 1.165) is 24.0 Å². The van der Waals surface area contributed by atoms with Crippen LogP contribution in [0, 0.1) is 0 Å². The summed E-state index contributed by atoms with van der Waals surface area (Å²) in [6.45, 7) is 1.70. The first-order valence-corrected chi connectivity index (χ1v) is 10.7. The van der Waals surface area contributed by atoms with Crippen molar-refractivity contribution in [3.63, 3.8) is 0 Å². The molecule has 3 atom stereocenters. The summed E-state index contributed by atoms with van der Waals surface area (Å²) in [4.78, 5) is 11.2. The fraction of sp³-hybridized carbons (Fsp3) is 0.296. The van der Waals surface area contributed by atoms with E-state index < -0.39 is 12.2 Å². The van der Waals surface area contributed by atoms with Gasteiger partial charge in [0, 0.05) is 13.3 Å². The first-order chi connectivity index (χ1) is 15.1. The van der Waals surface area contributed by atoms with Gasteiger partial charge in [-0.3, -0.25) is 4.79 Å². The number of aryl methyl sites for hydroxylation is 1. The molecule has 0 amide bonds. The molecule has 3 aromatic carbocycles. The lowest BCUT2D eigenvalue weighted by Gasteiger charge is -2.29. The molecule has 4 nitrogen and oxygen atoms in total. The van der Waals surface area contributed by atoms with Crippen LogP contribution in [-0.2, 0) is 20.7 Å². The van der Waals surface area contributed by atoms with Gasteiger partial charge in [0.1, 0.15) is 12.2 Å². The van der Waals surface area contributed by atoms with Crippen molar-refractivity contribution in [1.29, 1.82) is 0 Å². The maximum absolute atomic E-state index is 11.2. The van der Waals surface area contributed by atoms with E-state index >= 15 is 0 Å². The summed E-state index contributed by atoms with van der Waals surface area (Å²) in [5.74, 6) is -0.300. The number of esters is 1. The van der Waals surface area contributed by atoms with E-state index in [1.165, 1.54) is 12.5 Å². The van der Waals surface area contributed by atoms with Gasteiger partial charge in [-0.1, -0.05) is 91.0 Å². The van der Waals surface area contributed by atoms with Gasteiger partial charge in [-0.25, -0.2) is 0 Å². The van der Waals surface area contributed by atoms with Crippen LogP contribution in [0.4, 0.5) is 0 Å². The van der Waals surface area contributed by atoms with Crippen molar-refractivity contribution < 1.29 is 19.4 Å². The molecular formula is C27H30O4. The van der Waals surface area contributed by atoms with Crippen molar-refractivity contribution in [1.82, 2.24) is 0 Å². The largest absolute Gasteiger partial charge is 0.466 e. The first-order valence-electron chi connectivity index (χ1n) is 10.7. The van der Waals surface area contributed by atoms with Gasteiger partial charge in [0.15, 0.2) is 0 Å². The number of carbonyl (C=O) groups is 1. The van der Waals surface area contributed by atoms with E-state index in [1.54, 1.807) is 0 Å². The van der Waals surface area contributed by atoms with Crippen LogP contribution in [0.25, 0.3) is 0 Å². The highest BCUT2D eigenvalue weighted by Gasteiger charge is 2.27. The zero-order valence-corrected chi connectivity index (χ0v) is 17.9. The molecule has 4 heteroatoms. The zero-order valence-electron chi connectivity index (χ0n) is 17.9. The fourth-order valence-corrected chi connectivity index (χ4v) is 3.60. The van der Waals surface area contributed by atoms with Gasteiger partial charge in [0.05, 0.1) is 12.7 Å². The summed E-state index contributed by atoms with van der Waals surface area (Å²) < 4.78 is 11.7. The lowest BCUT2D eigenvalue weighted by molar-refractivity contribution is -0.143. The molecule has 0 aliphatic rings. The Morgan fingerprint density at radius 2 is 1.35 bits per heavy atom. The zero-order chi connectivity index (χ0) is 21.9. The molecule has 31 heavy (non-hydrogen) atoms. The lowest BCUT2D eigenvalue weighted by Crippen LogP contribution is -2.24. The molecule has 1 unspecified atom stereocenters. The molecule has 0 saturated carbocycles. The first kappa shape index (κ1) is 22.7. The van der Waals surface area contributed by atoms with Crippen LogP contribution in [0.3, 0.4) is 0 Å². The Balaban J connectivity index is 1.78. The number of hydrogen-bond acceptors (Lipinski definition) is 4. The molecule has 0 saturated heterocycles. The minimum absolute atomic E-state index is 0.178. The average molecular weight is 419 g/mol. The Morgan fingerprint density at radius 3 is 1.94 bits per heavy atom. The summed E-state index contributed by atoms with van der Waals surface area (Å²) in [7, 11) is 0. The van der Waals surface area contributed by atoms with Crippen LogP contribution in [0.5, 0.6) is 0 Å². The number of hydrogen-bond donors (Lipinski definition) is 1. The average Bonchev–Trinajstić information content (AvgIpc) is 2.81. The molecule has 162 valence electrons. The number of aliphatic hydroxyl groups is 1. The van der Waals surface area contributed by atoms with Gasteiger partial charge < -0.3 is 14.6 Å². The second-order valence-corrected chi connectivity index (χ2v) is 7.60. The number of aliphatic hydroxyl groups excluding tert-OH is 1. The molecule has 0 bridgehead atoms. The third-order valence-corrected chi connectivity index (χ3v) is 5.24. The van der Waals surface area contributed by atoms with Gasteiger partial charge in [-0.15, -0.1) is 0 Å². The van der Waals surface area contributed by atoms with Crippen molar-refractivity contribution in [3.8, 4) is 0 Å². The molecule has 0 spiro atoms. The molecule has 0 aromatic heterocycles. The predicted molar refractivity (Wildman–Crippen MR) is 121 cm³/mol. The summed E-state index contributed by atoms with van der Waals surface area (Å²) in [6.07, 6.45) is 0.656. The Hall–Kier alpha value is -2.95. The quantitative estimate of drug-likeness (QED) is 0.422. The maximum atomic E-state index is 11.2. The molecule has 3 rings (SSSR count). The van der Waals surface area contributed by atoms with Crippen LogP contribution in [-0.4, -0.2) is 23.8 Å². The van der Waals surface area contributed by atoms with Crippen molar-refractivity contribution in [2.75, 3.05) is 6.61 Å². The molecule has 0 aliphatic carbocycles. The van der Waals surface area contributed by atoms with E-state index in [4.69, 9.17) is 9.47 Å². The van der Waals surface area contributed by atoms with Crippen LogP contribution in [0.2, 0.25) is 0 Å². The third kappa shape index (κ3) is 7.35. The van der Waals surface area contributed by atoms with Crippen LogP contribution in [0.1, 0.15) is 48.7 Å². The molecule has 0 aliphatic heterocycles. The Morgan fingerprint density at radius 1 is 0.806 bits per heavy atom. The van der Waals surface area contributed by atoms with E-state index in [0.29, 0.717) is 6.42 Å². The van der Waals surface area contributed by atoms with Gasteiger partial charge >= 0.3 is 5.97 Å². The summed E-state index contributed by atoms with van der Waals surface area (Å²) in [6, 6.07) is 29.6. The van der Waals surface area contributed by atoms with Gasteiger partial charge in [0.2, 0.25) is 0 Å². The Bertz CT molecular complexity index is 896. The predicted octanol–water partition coefficient (Wildman–Crippen LogP) is 5.43. The summed E-state index contributed by atoms with van der Waals surface area (Å²) >= 11 is 0. The van der Waals surface area contributed by atoms with Crippen LogP contribution < -0.4 is 0 Å². The number of benzene rings is 3. The summed E-state index contributed by atoms with van der Waals surface area (Å²) in [5, 5.41) is 11.2. The van der Waals surface area contributed by atoms with E-state index in [1.807, 2.05) is 78.9 Å². The summed E-state index contributed by atoms with van der Waals surface area (Å²) in [5.41, 5.74) is 2.94. The van der Waals surface area contributed by atoms with Crippen LogP contribution >= 0.6 is 0 Å². The Kier molecular flexibility index (Phi) is 8.83. The minimum Gasteiger partial charge on any atom is -0.466 e. The molecule has 0 heterocycles. The lowest BCUT2D eigenvalue weighted by atomic mass is 9.97. The molecule has 1 N–H and O–H groups in total. The number of rotatable bonds is 11. The molecular weight excluding hydrogens is 388 g/mol. The topological polar surface area (TPSA) is 55.8 Å². The Labute approximate surface area is 184 Å². The third-order valence-electron chi connectivity index (χ3n) is 5.24.